The molecule has 5 aromatic rings. The molecule has 1 N–H and O–H groups in total. The number of aryl methyl sites for hydroxylation is 1. The van der Waals surface area contributed by atoms with Gasteiger partial charge in [-0.3, -0.25) is 8.97 Å². The standard InChI is InChI=1S/C23H19N7/c1-2-17-11-22(27-14-16-7-8-21(26-13-16)29-10-9-25-15-29)30-20-6-4-3-5-19(20)28-23(30)18(17)12-24/h3-11,13,15,27H,2,14H2,1H3. The summed E-state index contributed by atoms with van der Waals surface area (Å²) in [7, 11) is 0. The second-order valence-corrected chi connectivity index (χ2v) is 7.00. The number of hydrogen-bond acceptors (Lipinski definition) is 5. The largest absolute Gasteiger partial charge is 0.367 e. The van der Waals surface area contributed by atoms with Gasteiger partial charge in [0.15, 0.2) is 5.65 Å². The molecule has 4 aromatic heterocycles. The summed E-state index contributed by atoms with van der Waals surface area (Å²) in [6.45, 7) is 2.66. The van der Waals surface area contributed by atoms with Crippen LogP contribution in [0.15, 0.2) is 67.4 Å². The molecule has 0 saturated heterocycles. The fourth-order valence-electron chi connectivity index (χ4n) is 3.67. The van der Waals surface area contributed by atoms with Crippen LogP contribution in [0.3, 0.4) is 0 Å². The van der Waals surface area contributed by atoms with Crippen LogP contribution in [0.4, 0.5) is 5.82 Å². The lowest BCUT2D eigenvalue weighted by Crippen LogP contribution is -2.07. The van der Waals surface area contributed by atoms with Gasteiger partial charge in [-0.25, -0.2) is 15.0 Å². The first-order valence-electron chi connectivity index (χ1n) is 9.79. The van der Waals surface area contributed by atoms with Crippen LogP contribution in [0, 0.1) is 11.3 Å². The summed E-state index contributed by atoms with van der Waals surface area (Å²) >= 11 is 0. The normalized spacial score (nSPS) is 11.1. The third-order valence-corrected chi connectivity index (χ3v) is 5.20. The van der Waals surface area contributed by atoms with Crippen molar-refractivity contribution in [2.24, 2.45) is 0 Å². The van der Waals surface area contributed by atoms with Crippen LogP contribution in [0.5, 0.6) is 0 Å². The minimum absolute atomic E-state index is 0.605. The second-order valence-electron chi connectivity index (χ2n) is 7.00. The predicted molar refractivity (Wildman–Crippen MR) is 115 cm³/mol. The van der Waals surface area contributed by atoms with E-state index in [-0.39, 0.29) is 0 Å². The predicted octanol–water partition coefficient (Wildman–Crippen LogP) is 4.11. The van der Waals surface area contributed by atoms with E-state index in [1.807, 2.05) is 63.8 Å². The van der Waals surface area contributed by atoms with Crippen molar-refractivity contribution < 1.29 is 0 Å². The molecule has 4 heterocycles. The topological polar surface area (TPSA) is 83.8 Å². The zero-order valence-electron chi connectivity index (χ0n) is 16.4. The number of benzene rings is 1. The summed E-state index contributed by atoms with van der Waals surface area (Å²) in [5, 5.41) is 13.3. The Bertz CT molecular complexity index is 1370. The van der Waals surface area contributed by atoms with Gasteiger partial charge in [0.1, 0.15) is 24.0 Å². The molecule has 146 valence electrons. The van der Waals surface area contributed by atoms with E-state index in [9.17, 15) is 5.26 Å². The van der Waals surface area contributed by atoms with Crippen LogP contribution in [-0.2, 0) is 13.0 Å². The smallest absolute Gasteiger partial charge is 0.157 e. The lowest BCUT2D eigenvalue weighted by atomic mass is 10.1. The van der Waals surface area contributed by atoms with E-state index in [0.717, 1.165) is 40.2 Å². The molecule has 0 bridgehead atoms. The van der Waals surface area contributed by atoms with Crippen molar-refractivity contribution in [2.45, 2.75) is 19.9 Å². The molecule has 0 saturated carbocycles. The molecular formula is C23H19N7. The van der Waals surface area contributed by atoms with Gasteiger partial charge >= 0.3 is 0 Å². The van der Waals surface area contributed by atoms with Gasteiger partial charge in [-0.15, -0.1) is 0 Å². The van der Waals surface area contributed by atoms with Crippen molar-refractivity contribution in [3.05, 3.63) is 84.1 Å². The monoisotopic (exact) mass is 393 g/mol. The van der Waals surface area contributed by atoms with Gasteiger partial charge in [-0.2, -0.15) is 5.26 Å². The fourth-order valence-corrected chi connectivity index (χ4v) is 3.67. The van der Waals surface area contributed by atoms with E-state index in [4.69, 9.17) is 4.98 Å². The fraction of sp³-hybridized carbons (Fsp3) is 0.130. The summed E-state index contributed by atoms with van der Waals surface area (Å²) in [6.07, 6.45) is 7.94. The number of para-hydroxylation sites is 2. The SMILES string of the molecule is CCc1cc(NCc2ccc(-n3ccnc3)nc2)n2c(nc3ccccc32)c1C#N. The van der Waals surface area contributed by atoms with Crippen molar-refractivity contribution in [3.63, 3.8) is 0 Å². The number of aromatic nitrogens is 5. The highest BCUT2D eigenvalue weighted by Crippen LogP contribution is 2.27. The first-order chi connectivity index (χ1) is 14.8. The number of rotatable bonds is 5. The summed E-state index contributed by atoms with van der Waals surface area (Å²) in [6, 6.07) is 16.3. The van der Waals surface area contributed by atoms with Crippen LogP contribution < -0.4 is 5.32 Å². The van der Waals surface area contributed by atoms with Gasteiger partial charge in [0.05, 0.1) is 16.6 Å². The van der Waals surface area contributed by atoms with Crippen LogP contribution in [0.25, 0.3) is 22.5 Å². The highest BCUT2D eigenvalue weighted by Gasteiger charge is 2.16. The number of nitrogens with one attached hydrogen (secondary N) is 1. The number of nitriles is 1. The molecule has 0 aliphatic heterocycles. The highest BCUT2D eigenvalue weighted by molar-refractivity contribution is 5.85. The Morgan fingerprint density at radius 2 is 2.07 bits per heavy atom. The zero-order valence-corrected chi connectivity index (χ0v) is 16.4. The average Bonchev–Trinajstić information content (AvgIpc) is 3.45. The van der Waals surface area contributed by atoms with Gasteiger partial charge in [0, 0.05) is 25.1 Å². The third kappa shape index (κ3) is 2.95. The average molecular weight is 393 g/mol. The van der Waals surface area contributed by atoms with Gasteiger partial charge in [0.25, 0.3) is 0 Å². The van der Waals surface area contributed by atoms with E-state index in [0.29, 0.717) is 17.8 Å². The van der Waals surface area contributed by atoms with Crippen LogP contribution in [0.1, 0.15) is 23.6 Å². The number of nitrogens with zero attached hydrogens (tertiary/aromatic N) is 6. The van der Waals surface area contributed by atoms with E-state index in [2.05, 4.69) is 28.3 Å². The van der Waals surface area contributed by atoms with E-state index in [1.54, 1.807) is 12.5 Å². The molecule has 0 unspecified atom stereocenters. The Morgan fingerprint density at radius 3 is 2.80 bits per heavy atom. The maximum Gasteiger partial charge on any atom is 0.157 e. The summed E-state index contributed by atoms with van der Waals surface area (Å²) in [5.74, 6) is 1.74. The second kappa shape index (κ2) is 7.33. The van der Waals surface area contributed by atoms with Crippen molar-refractivity contribution in [2.75, 3.05) is 5.32 Å². The minimum atomic E-state index is 0.605. The number of imidazole rings is 2. The van der Waals surface area contributed by atoms with Crippen LogP contribution in [0.2, 0.25) is 0 Å². The first-order valence-corrected chi connectivity index (χ1v) is 9.79. The molecule has 5 rings (SSSR count). The molecule has 7 heteroatoms. The summed E-state index contributed by atoms with van der Waals surface area (Å²) in [4.78, 5) is 13.3. The molecule has 1 aromatic carbocycles. The van der Waals surface area contributed by atoms with Crippen LogP contribution >= 0.6 is 0 Å². The molecule has 7 nitrogen and oxygen atoms in total. The van der Waals surface area contributed by atoms with E-state index < -0.39 is 0 Å². The first kappa shape index (κ1) is 17.9. The lowest BCUT2D eigenvalue weighted by Gasteiger charge is -2.13. The Morgan fingerprint density at radius 1 is 1.17 bits per heavy atom. The third-order valence-electron chi connectivity index (χ3n) is 5.20. The van der Waals surface area contributed by atoms with Crippen LogP contribution in [-0.4, -0.2) is 23.9 Å². The highest BCUT2D eigenvalue weighted by atomic mass is 15.1. The quantitative estimate of drug-likeness (QED) is 0.486. The molecule has 30 heavy (non-hydrogen) atoms. The number of anilines is 1. The van der Waals surface area contributed by atoms with Gasteiger partial charge in [-0.1, -0.05) is 25.1 Å². The Kier molecular flexibility index (Phi) is 4.37. The minimum Gasteiger partial charge on any atom is -0.367 e. The lowest BCUT2D eigenvalue weighted by molar-refractivity contribution is 0.975. The van der Waals surface area contributed by atoms with E-state index >= 15 is 0 Å². The summed E-state index contributed by atoms with van der Waals surface area (Å²) < 4.78 is 3.90. The number of hydrogen-bond donors (Lipinski definition) is 1. The maximum absolute atomic E-state index is 9.74. The molecule has 0 aliphatic rings. The van der Waals surface area contributed by atoms with Crippen molar-refractivity contribution >= 4 is 22.5 Å². The molecule has 0 radical (unpaired) electrons. The van der Waals surface area contributed by atoms with E-state index in [1.165, 1.54) is 0 Å². The molecular weight excluding hydrogens is 374 g/mol. The zero-order chi connectivity index (χ0) is 20.5. The molecule has 0 fully saturated rings. The molecule has 0 amide bonds. The van der Waals surface area contributed by atoms with Gasteiger partial charge in [-0.05, 0) is 41.8 Å². The molecule has 0 aliphatic carbocycles. The van der Waals surface area contributed by atoms with Crippen molar-refractivity contribution in [3.8, 4) is 11.9 Å². The van der Waals surface area contributed by atoms with Gasteiger partial charge < -0.3 is 5.32 Å². The molecule has 0 atom stereocenters. The number of pyridine rings is 2. The molecule has 0 spiro atoms. The van der Waals surface area contributed by atoms with Gasteiger partial charge in [0.2, 0.25) is 0 Å². The summed E-state index contributed by atoms with van der Waals surface area (Å²) in [5.41, 5.74) is 5.20. The van der Waals surface area contributed by atoms with Crippen molar-refractivity contribution in [1.29, 1.82) is 5.26 Å². The Balaban J connectivity index is 1.53. The Hall–Kier alpha value is -4.18. The number of fused-ring (bicyclic) bond motifs is 3. The maximum atomic E-state index is 9.74. The Labute approximate surface area is 173 Å². The van der Waals surface area contributed by atoms with Crippen molar-refractivity contribution in [1.82, 2.24) is 23.9 Å².